The number of anilines is 1. The molecule has 0 saturated carbocycles. The molecule has 70 valence electrons. The Bertz CT molecular complexity index is 273. The molecular weight excluding hydrogens is 166 g/mol. The van der Waals surface area contributed by atoms with Gasteiger partial charge in [-0.25, -0.2) is 4.98 Å². The number of aromatic nitrogens is 1. The maximum Gasteiger partial charge on any atom is 0.239 e. The Balaban J connectivity index is 2.59. The maximum atomic E-state index is 11.0. The van der Waals surface area contributed by atoms with Gasteiger partial charge in [0.05, 0.1) is 6.54 Å². The van der Waals surface area contributed by atoms with E-state index in [1.165, 1.54) is 0 Å². The van der Waals surface area contributed by atoms with Crippen molar-refractivity contribution in [3.8, 4) is 0 Å². The van der Waals surface area contributed by atoms with Crippen molar-refractivity contribution >= 4 is 11.7 Å². The number of carbonyl (C=O) groups is 1. The van der Waals surface area contributed by atoms with Crippen LogP contribution in [0.5, 0.6) is 0 Å². The van der Waals surface area contributed by atoms with Crippen molar-refractivity contribution in [3.63, 3.8) is 0 Å². The van der Waals surface area contributed by atoms with Crippen LogP contribution in [0.25, 0.3) is 0 Å². The lowest BCUT2D eigenvalue weighted by Gasteiger charge is -2.16. The molecule has 13 heavy (non-hydrogen) atoms. The number of pyridine rings is 1. The van der Waals surface area contributed by atoms with Crippen LogP contribution in [-0.4, -0.2) is 31.5 Å². The zero-order valence-corrected chi connectivity index (χ0v) is 7.82. The number of hydrogen-bond donors (Lipinski definition) is 1. The van der Waals surface area contributed by atoms with E-state index in [2.05, 4.69) is 10.3 Å². The van der Waals surface area contributed by atoms with Crippen LogP contribution < -0.4 is 10.2 Å². The second kappa shape index (κ2) is 4.45. The Kier molecular flexibility index (Phi) is 3.25. The van der Waals surface area contributed by atoms with Gasteiger partial charge in [-0.2, -0.15) is 0 Å². The SMILES string of the molecule is CNC(=O)CN(C)c1ccccn1. The van der Waals surface area contributed by atoms with E-state index in [0.29, 0.717) is 6.54 Å². The molecule has 1 N–H and O–H groups in total. The molecule has 0 fully saturated rings. The summed E-state index contributed by atoms with van der Waals surface area (Å²) in [5.74, 6) is 0.777. The molecule has 1 rings (SSSR count). The fourth-order valence-corrected chi connectivity index (χ4v) is 0.955. The van der Waals surface area contributed by atoms with Gasteiger partial charge in [0.1, 0.15) is 5.82 Å². The summed E-state index contributed by atoms with van der Waals surface area (Å²) in [4.78, 5) is 16.9. The molecule has 0 aliphatic rings. The van der Waals surface area contributed by atoms with Crippen LogP contribution in [0.2, 0.25) is 0 Å². The Hall–Kier alpha value is -1.58. The average Bonchev–Trinajstić information content (AvgIpc) is 2.19. The summed E-state index contributed by atoms with van der Waals surface area (Å²) in [6, 6.07) is 5.60. The summed E-state index contributed by atoms with van der Waals surface area (Å²) in [7, 11) is 3.45. The molecule has 0 aromatic carbocycles. The minimum Gasteiger partial charge on any atom is -0.358 e. The van der Waals surface area contributed by atoms with Crippen molar-refractivity contribution in [1.29, 1.82) is 0 Å². The van der Waals surface area contributed by atoms with Crippen LogP contribution >= 0.6 is 0 Å². The topological polar surface area (TPSA) is 45.2 Å². The Labute approximate surface area is 77.6 Å². The number of rotatable bonds is 3. The largest absolute Gasteiger partial charge is 0.358 e. The third-order valence-corrected chi connectivity index (χ3v) is 1.70. The van der Waals surface area contributed by atoms with Gasteiger partial charge in [0.25, 0.3) is 0 Å². The number of carbonyl (C=O) groups excluding carboxylic acids is 1. The molecule has 0 saturated heterocycles. The van der Waals surface area contributed by atoms with Crippen LogP contribution in [0, 0.1) is 0 Å². The monoisotopic (exact) mass is 179 g/mol. The zero-order chi connectivity index (χ0) is 9.68. The Morgan fingerprint density at radius 1 is 1.62 bits per heavy atom. The van der Waals surface area contributed by atoms with E-state index < -0.39 is 0 Å². The van der Waals surface area contributed by atoms with Gasteiger partial charge in [-0.1, -0.05) is 6.07 Å². The first kappa shape index (κ1) is 9.51. The maximum absolute atomic E-state index is 11.0. The van der Waals surface area contributed by atoms with E-state index >= 15 is 0 Å². The normalized spacial score (nSPS) is 9.38. The Morgan fingerprint density at radius 2 is 2.38 bits per heavy atom. The van der Waals surface area contributed by atoms with Crippen LogP contribution in [0.3, 0.4) is 0 Å². The third kappa shape index (κ3) is 2.74. The number of hydrogen-bond acceptors (Lipinski definition) is 3. The van der Waals surface area contributed by atoms with Gasteiger partial charge in [-0.15, -0.1) is 0 Å². The Morgan fingerprint density at radius 3 is 2.92 bits per heavy atom. The van der Waals surface area contributed by atoms with Gasteiger partial charge in [0, 0.05) is 20.3 Å². The highest BCUT2D eigenvalue weighted by Gasteiger charge is 2.05. The molecule has 1 aromatic heterocycles. The second-order valence-corrected chi connectivity index (χ2v) is 2.72. The molecular formula is C9H13N3O. The van der Waals surface area contributed by atoms with Crippen molar-refractivity contribution in [3.05, 3.63) is 24.4 Å². The van der Waals surface area contributed by atoms with Gasteiger partial charge in [-0.3, -0.25) is 4.79 Å². The smallest absolute Gasteiger partial charge is 0.239 e. The number of amides is 1. The van der Waals surface area contributed by atoms with E-state index in [4.69, 9.17) is 0 Å². The van der Waals surface area contributed by atoms with Crippen molar-refractivity contribution < 1.29 is 4.79 Å². The molecule has 0 atom stereocenters. The number of likely N-dealkylation sites (N-methyl/N-ethyl adjacent to an activating group) is 2. The summed E-state index contributed by atoms with van der Waals surface area (Å²) in [6.07, 6.45) is 1.70. The first-order chi connectivity index (χ1) is 6.24. The molecule has 0 bridgehead atoms. The van der Waals surface area contributed by atoms with Crippen LogP contribution in [0.15, 0.2) is 24.4 Å². The average molecular weight is 179 g/mol. The van der Waals surface area contributed by atoms with Gasteiger partial charge in [0.2, 0.25) is 5.91 Å². The number of nitrogens with one attached hydrogen (secondary N) is 1. The first-order valence-electron chi connectivity index (χ1n) is 4.07. The summed E-state index contributed by atoms with van der Waals surface area (Å²) in [5.41, 5.74) is 0. The van der Waals surface area contributed by atoms with Gasteiger partial charge in [-0.05, 0) is 12.1 Å². The lowest BCUT2D eigenvalue weighted by molar-refractivity contribution is -0.119. The third-order valence-electron chi connectivity index (χ3n) is 1.70. The van der Waals surface area contributed by atoms with E-state index in [9.17, 15) is 4.79 Å². The molecule has 1 amide bonds. The second-order valence-electron chi connectivity index (χ2n) is 2.72. The highest BCUT2D eigenvalue weighted by Crippen LogP contribution is 2.04. The van der Waals surface area contributed by atoms with E-state index in [1.807, 2.05) is 25.2 Å². The molecule has 4 heteroatoms. The molecule has 4 nitrogen and oxygen atoms in total. The zero-order valence-electron chi connectivity index (χ0n) is 7.82. The molecule has 1 aromatic rings. The molecule has 0 spiro atoms. The highest BCUT2D eigenvalue weighted by atomic mass is 16.1. The molecule has 0 aliphatic carbocycles. The summed E-state index contributed by atoms with van der Waals surface area (Å²) < 4.78 is 0. The van der Waals surface area contributed by atoms with Gasteiger partial charge in [0.15, 0.2) is 0 Å². The number of nitrogens with zero attached hydrogens (tertiary/aromatic N) is 2. The van der Waals surface area contributed by atoms with Gasteiger partial charge < -0.3 is 10.2 Å². The van der Waals surface area contributed by atoms with Crippen molar-refractivity contribution in [2.24, 2.45) is 0 Å². The van der Waals surface area contributed by atoms with Crippen LogP contribution in [0.1, 0.15) is 0 Å². The molecule has 0 radical (unpaired) electrons. The summed E-state index contributed by atoms with van der Waals surface area (Å²) >= 11 is 0. The summed E-state index contributed by atoms with van der Waals surface area (Å²) in [5, 5.41) is 2.56. The quantitative estimate of drug-likeness (QED) is 0.724. The fourth-order valence-electron chi connectivity index (χ4n) is 0.955. The predicted octanol–water partition coefficient (Wildman–Crippen LogP) is 0.264. The van der Waals surface area contributed by atoms with Crippen molar-refractivity contribution in [2.45, 2.75) is 0 Å². The van der Waals surface area contributed by atoms with E-state index in [0.717, 1.165) is 5.82 Å². The minimum absolute atomic E-state index is 0.0202. The minimum atomic E-state index is -0.0202. The van der Waals surface area contributed by atoms with Crippen LogP contribution in [-0.2, 0) is 4.79 Å². The molecule has 1 heterocycles. The molecule has 0 aliphatic heterocycles. The summed E-state index contributed by atoms with van der Waals surface area (Å²) in [6.45, 7) is 0.327. The van der Waals surface area contributed by atoms with Crippen LogP contribution in [0.4, 0.5) is 5.82 Å². The predicted molar refractivity (Wildman–Crippen MR) is 51.6 cm³/mol. The van der Waals surface area contributed by atoms with Gasteiger partial charge >= 0.3 is 0 Å². The lowest BCUT2D eigenvalue weighted by atomic mass is 10.4. The standard InChI is InChI=1S/C9H13N3O/c1-10-9(13)7-12(2)8-5-3-4-6-11-8/h3-6H,7H2,1-2H3,(H,10,13). The van der Waals surface area contributed by atoms with E-state index in [-0.39, 0.29) is 5.91 Å². The lowest BCUT2D eigenvalue weighted by Crippen LogP contribution is -2.33. The van der Waals surface area contributed by atoms with Crippen molar-refractivity contribution in [2.75, 3.05) is 25.5 Å². The highest BCUT2D eigenvalue weighted by molar-refractivity contribution is 5.80. The van der Waals surface area contributed by atoms with E-state index in [1.54, 1.807) is 18.1 Å². The molecule has 0 unspecified atom stereocenters. The fraction of sp³-hybridized carbons (Fsp3) is 0.333. The van der Waals surface area contributed by atoms with Crippen molar-refractivity contribution in [1.82, 2.24) is 10.3 Å². The first-order valence-corrected chi connectivity index (χ1v) is 4.07.